The number of phenols is 1. The average molecular weight is 1900 g/mol. The fraction of sp³-hybridized carbons (Fsp3) is 0.506. The van der Waals surface area contributed by atoms with Crippen molar-refractivity contribution in [2.75, 3.05) is 58.9 Å². The van der Waals surface area contributed by atoms with E-state index in [1.54, 1.807) is 62.4 Å². The van der Waals surface area contributed by atoms with Crippen LogP contribution in [0.15, 0.2) is 97.7 Å². The number of primary amides is 2. The van der Waals surface area contributed by atoms with Crippen LogP contribution in [0.1, 0.15) is 127 Å². The summed E-state index contributed by atoms with van der Waals surface area (Å²) in [5.41, 5.74) is 13.3. The number of aliphatic hydroxyl groups excluding tert-OH is 2. The summed E-state index contributed by atoms with van der Waals surface area (Å²) in [6.07, 6.45) is 1.17. The quantitative estimate of drug-likeness (QED) is 0.0261. The van der Waals surface area contributed by atoms with E-state index < -0.39 is 286 Å². The summed E-state index contributed by atoms with van der Waals surface area (Å²) in [4.78, 5) is 288. The van der Waals surface area contributed by atoms with Gasteiger partial charge in [0.25, 0.3) is 0 Å². The number of thioether (sulfide) groups is 1. The Morgan fingerprint density at radius 1 is 0.556 bits per heavy atom. The third-order valence-electron chi connectivity index (χ3n) is 23.9. The van der Waals surface area contributed by atoms with E-state index in [1.807, 2.05) is 0 Å². The number of carboxylic acids is 2. The SMILES string of the molecule is CCCC[C@H]1C(=O)N(C)[C@@H](CCCC)C(=O)N[C@@H](C)C(=O)N[C@H](C(=O)NCC(N)=O)CSCC(=O)N[C@@H](Cc2ccc(O)cc2)C(=O)N(C)[C@@H](C)C(=O)N[C@@H](CC(=O)O)C(=O)N2CCC[C@H]2C(=O)N[C@@H](Cc2cnc[nH]2)C(=O)N[C@@H](CCC(N)=O)C(=O)N2C[C@H](O)C[C@H]2C(=O)N[C@@H](Cc2c[nH]c3ccccc23)C(=O)N[C@@H](CO)C(=O)N[C@@H](Cc2cn(CC(=O)O)c3ccccc23)C(=O)N1C. The smallest absolute Gasteiger partial charge is 0.323 e. The summed E-state index contributed by atoms with van der Waals surface area (Å²) in [5.74, 6) is -21.3. The van der Waals surface area contributed by atoms with Crippen LogP contribution >= 0.6 is 11.8 Å². The number of unbranched alkanes of at least 4 members (excludes halogenated alkanes) is 2. The Bertz CT molecular complexity index is 5320. The molecule has 3 aliphatic rings. The maximum absolute atomic E-state index is 15.8. The highest BCUT2D eigenvalue weighted by Crippen LogP contribution is 2.29. The van der Waals surface area contributed by atoms with Crippen molar-refractivity contribution in [3.8, 4) is 5.75 Å². The zero-order valence-corrected chi connectivity index (χ0v) is 76.7. The normalized spacial score (nSPS) is 24.7. The second kappa shape index (κ2) is 49.1. The number of aliphatic hydroxyl groups is 2. The summed E-state index contributed by atoms with van der Waals surface area (Å²) < 4.78 is 1.39. The number of phenolic OH excluding ortho intramolecular Hbond substituents is 1. The van der Waals surface area contributed by atoms with Crippen molar-refractivity contribution in [3.63, 3.8) is 0 Å². The van der Waals surface area contributed by atoms with Gasteiger partial charge in [-0.2, -0.15) is 0 Å². The summed E-state index contributed by atoms with van der Waals surface area (Å²) >= 11 is 0.744. The van der Waals surface area contributed by atoms with Gasteiger partial charge in [0.05, 0.1) is 37.8 Å². The van der Waals surface area contributed by atoms with Crippen LogP contribution in [0.2, 0.25) is 0 Å². The number of aromatic hydroxyl groups is 1. The Labute approximate surface area is 780 Å². The summed E-state index contributed by atoms with van der Waals surface area (Å²) in [7, 11) is 3.75. The second-order valence-electron chi connectivity index (χ2n) is 33.8. The standard InChI is InChI=1S/C89H119N21O24S/c1-8-10-20-67-82(127)96-47(3)76(121)104-65(78(123)94-39-72(91)115)44-135-45-73(116)97-61(31-49-24-26-53(112)27-25-49)85(130)105(5)48(4)77(122)101-63(36-74(117)118)88(133)109-30-16-23-68(109)83(128)100-60(34-52-38-92-46-95-52)80(125)98-58(28-29-71(90)114)87(132)110-41-54(113)35-70(110)84(129)99-59(32-50-37-93-57-19-14-12-17-55(50)57)79(124)103-64(43-111)81(126)102-62(86(131)107(7)69(21-11-9-2)89(134)106(67)6)33-51-40-108(42-75(119)120)66-22-15-13-18-56(51)66/h12-15,17-19,22,24-27,37-38,40,46-48,54,58-65,67-70,93,111-113H,8-11,16,20-21,23,28-36,39,41-45H2,1-7H3,(H2,90,114)(H2,91,115)(H,92,95)(H,94,123)(H,96,127)(H,97,116)(H,98,125)(H,99,129)(H,100,128)(H,101,122)(H,102,126)(H,103,124)(H,104,121)(H,117,118)(H,119,120)/t47-,48-,54+,58-,59-,60-,61-,62-,63-,64-,65-,67-,68-,69-,70-/m0/s1. The summed E-state index contributed by atoms with van der Waals surface area (Å²) in [6.45, 7) is 2.80. The number of likely N-dealkylation sites (N-methyl/N-ethyl adjacent to an activating group) is 3. The Hall–Kier alpha value is -14.1. The van der Waals surface area contributed by atoms with Crippen LogP contribution in [0.5, 0.6) is 5.75 Å². The van der Waals surface area contributed by atoms with Gasteiger partial charge in [-0.05, 0) is 86.9 Å². The topological polar surface area (TPSA) is 663 Å². The number of aromatic amines is 2. The van der Waals surface area contributed by atoms with Crippen molar-refractivity contribution in [1.82, 2.24) is 97.2 Å². The number of benzene rings is 3. The number of nitrogens with zero attached hydrogens (tertiary/aromatic N) is 7. The summed E-state index contributed by atoms with van der Waals surface area (Å²) in [5, 5.41) is 79.6. The first-order valence-electron chi connectivity index (χ1n) is 44.4. The van der Waals surface area contributed by atoms with Crippen molar-refractivity contribution in [1.29, 1.82) is 0 Å². The second-order valence-corrected chi connectivity index (χ2v) is 34.8. The van der Waals surface area contributed by atoms with E-state index in [0.717, 1.165) is 36.3 Å². The number of amides is 17. The van der Waals surface area contributed by atoms with Crippen molar-refractivity contribution in [2.24, 2.45) is 11.5 Å². The number of fused-ring (bicyclic) bond motifs is 4. The fourth-order valence-corrected chi connectivity index (χ4v) is 17.3. The number of para-hydroxylation sites is 2. The monoisotopic (exact) mass is 1900 g/mol. The molecule has 3 saturated heterocycles. The number of carbonyl (C=O) groups is 19. The molecule has 0 unspecified atom stereocenters. The lowest BCUT2D eigenvalue weighted by molar-refractivity contribution is -0.149. The number of rotatable bonds is 25. The van der Waals surface area contributed by atoms with Crippen molar-refractivity contribution < 1.29 is 117 Å². The summed E-state index contributed by atoms with van der Waals surface area (Å²) in [6, 6.07) is -4.40. The van der Waals surface area contributed by atoms with Gasteiger partial charge in [0.1, 0.15) is 96.9 Å². The van der Waals surface area contributed by atoms with Gasteiger partial charge in [0, 0.05) is 125 Å². The van der Waals surface area contributed by atoms with E-state index in [9.17, 15) is 83.1 Å². The van der Waals surface area contributed by atoms with E-state index >= 15 is 33.6 Å². The van der Waals surface area contributed by atoms with Gasteiger partial charge in [-0.3, -0.25) is 91.1 Å². The molecule has 730 valence electrons. The minimum atomic E-state index is -2.00. The molecule has 3 aromatic carbocycles. The molecule has 0 saturated carbocycles. The van der Waals surface area contributed by atoms with E-state index in [4.69, 9.17) is 11.5 Å². The molecule has 6 heterocycles. The highest BCUT2D eigenvalue weighted by atomic mass is 32.2. The highest BCUT2D eigenvalue weighted by molar-refractivity contribution is 8.00. The van der Waals surface area contributed by atoms with Crippen molar-refractivity contribution in [2.45, 2.75) is 228 Å². The van der Waals surface area contributed by atoms with Gasteiger partial charge in [0.2, 0.25) is 100 Å². The average Bonchev–Trinajstić information content (AvgIpc) is 1.65. The molecule has 15 atom stereocenters. The van der Waals surface area contributed by atoms with Crippen LogP contribution in [0.4, 0.5) is 0 Å². The van der Waals surface area contributed by atoms with Gasteiger partial charge in [-0.15, -0.1) is 11.8 Å². The zero-order valence-electron chi connectivity index (χ0n) is 75.8. The predicted molar refractivity (Wildman–Crippen MR) is 485 cm³/mol. The van der Waals surface area contributed by atoms with Crippen LogP contribution < -0.4 is 64.6 Å². The fourth-order valence-electron chi connectivity index (χ4n) is 16.4. The number of aromatic nitrogens is 4. The largest absolute Gasteiger partial charge is 0.508 e. The number of nitrogens with two attached hydrogens (primary N) is 2. The molecule has 3 aliphatic heterocycles. The molecule has 45 nitrogen and oxygen atoms in total. The first-order valence-corrected chi connectivity index (χ1v) is 45.5. The van der Waals surface area contributed by atoms with Gasteiger partial charge in [-0.25, -0.2) is 4.98 Å². The molecule has 17 amide bonds. The van der Waals surface area contributed by atoms with Gasteiger partial charge < -0.3 is 129 Å². The molecule has 46 heteroatoms. The van der Waals surface area contributed by atoms with E-state index in [2.05, 4.69) is 68.1 Å². The number of hydrogen-bond donors (Lipinski definition) is 19. The Morgan fingerprint density at radius 3 is 1.79 bits per heavy atom. The molecular weight excluding hydrogens is 1780 g/mol. The minimum absolute atomic E-state index is 0.0307. The number of imidazole rings is 1. The van der Waals surface area contributed by atoms with E-state index in [1.165, 1.54) is 88.7 Å². The molecule has 0 radical (unpaired) electrons. The molecule has 0 spiro atoms. The van der Waals surface area contributed by atoms with Gasteiger partial charge >= 0.3 is 11.9 Å². The molecule has 0 bridgehead atoms. The van der Waals surface area contributed by atoms with Crippen LogP contribution in [-0.4, -0.2) is 331 Å². The predicted octanol–water partition coefficient (Wildman–Crippen LogP) is -3.80. The lowest BCUT2D eigenvalue weighted by atomic mass is 10.00. The number of nitrogens with one attached hydrogen (secondary N) is 12. The molecule has 6 aromatic rings. The van der Waals surface area contributed by atoms with Crippen molar-refractivity contribution in [3.05, 3.63) is 120 Å². The van der Waals surface area contributed by atoms with Crippen LogP contribution in [-0.2, 0) is 123 Å². The van der Waals surface area contributed by atoms with Crippen LogP contribution in [0.25, 0.3) is 21.8 Å². The maximum atomic E-state index is 15.8. The first kappa shape index (κ1) is 105. The third kappa shape index (κ3) is 28.5. The maximum Gasteiger partial charge on any atom is 0.323 e. The Kier molecular flexibility index (Phi) is 38.1. The minimum Gasteiger partial charge on any atom is -0.508 e. The number of H-pyrrole nitrogens is 2. The lowest BCUT2D eigenvalue weighted by Crippen LogP contribution is -2.61. The molecule has 0 aliphatic carbocycles. The zero-order chi connectivity index (χ0) is 98.8. The van der Waals surface area contributed by atoms with Crippen molar-refractivity contribution >= 4 is 146 Å². The Morgan fingerprint density at radius 2 is 1.14 bits per heavy atom. The molecule has 9 rings (SSSR count). The van der Waals surface area contributed by atoms with Crippen LogP contribution in [0, 0.1) is 0 Å². The number of carboxylic acid groups (broad SMARTS) is 2. The number of carbonyl (C=O) groups excluding carboxylic acids is 17. The Balaban J connectivity index is 1.10. The molecule has 21 N–H and O–H groups in total. The van der Waals surface area contributed by atoms with E-state index in [0.29, 0.717) is 57.8 Å². The lowest BCUT2D eigenvalue weighted by Gasteiger charge is -2.36. The van der Waals surface area contributed by atoms with E-state index in [-0.39, 0.29) is 56.5 Å². The molecule has 3 fully saturated rings. The first-order chi connectivity index (χ1) is 64.2. The van der Waals surface area contributed by atoms with Crippen LogP contribution in [0.3, 0.4) is 0 Å². The number of hydrogen-bond acceptors (Lipinski definition) is 24. The van der Waals surface area contributed by atoms with Gasteiger partial charge in [-0.1, -0.05) is 88.1 Å². The molecule has 3 aromatic heterocycles. The molecule has 135 heavy (non-hydrogen) atoms. The third-order valence-corrected chi connectivity index (χ3v) is 24.9. The number of aliphatic carboxylic acids is 2. The molecular formula is C89H119N21O24S. The van der Waals surface area contributed by atoms with Gasteiger partial charge in [0.15, 0.2) is 0 Å². The highest BCUT2D eigenvalue weighted by Gasteiger charge is 2.47.